The minimum Gasteiger partial charge on any atom is -0.481 e. The van der Waals surface area contributed by atoms with Crippen molar-refractivity contribution >= 4 is 11.9 Å². The van der Waals surface area contributed by atoms with Crippen molar-refractivity contribution in [3.8, 4) is 0 Å². The molecule has 1 saturated heterocycles. The van der Waals surface area contributed by atoms with Crippen LogP contribution in [0.5, 0.6) is 0 Å². The number of nitrogens with zero attached hydrogens (tertiary/aromatic N) is 1. The molecular formula is C13H22N2O3. The Morgan fingerprint density at radius 1 is 1.22 bits per heavy atom. The zero-order valence-electron chi connectivity index (χ0n) is 10.7. The van der Waals surface area contributed by atoms with Crippen LogP contribution in [0.4, 0.5) is 0 Å². The number of aliphatic carboxylic acids is 1. The molecule has 1 amide bonds. The van der Waals surface area contributed by atoms with Crippen LogP contribution in [0.3, 0.4) is 0 Å². The molecule has 1 saturated carbocycles. The lowest BCUT2D eigenvalue weighted by Crippen LogP contribution is -2.54. The van der Waals surface area contributed by atoms with Gasteiger partial charge in [0.05, 0.1) is 6.42 Å². The molecular weight excluding hydrogens is 232 g/mol. The van der Waals surface area contributed by atoms with E-state index in [0.717, 1.165) is 19.3 Å². The summed E-state index contributed by atoms with van der Waals surface area (Å²) in [4.78, 5) is 24.7. The molecule has 0 aromatic carbocycles. The van der Waals surface area contributed by atoms with Gasteiger partial charge in [0.15, 0.2) is 0 Å². The SMILES string of the molecule is NCC1CCCCC1C(=O)N1CC(CC(=O)O)C1. The maximum atomic E-state index is 12.3. The summed E-state index contributed by atoms with van der Waals surface area (Å²) < 4.78 is 0. The van der Waals surface area contributed by atoms with Crippen LogP contribution >= 0.6 is 0 Å². The first kappa shape index (κ1) is 13.3. The van der Waals surface area contributed by atoms with Gasteiger partial charge in [-0.05, 0) is 25.3 Å². The van der Waals surface area contributed by atoms with E-state index >= 15 is 0 Å². The van der Waals surface area contributed by atoms with Gasteiger partial charge in [0, 0.05) is 24.9 Å². The van der Waals surface area contributed by atoms with Crippen molar-refractivity contribution in [3.05, 3.63) is 0 Å². The average Bonchev–Trinajstić information content (AvgIpc) is 2.32. The Morgan fingerprint density at radius 3 is 2.50 bits per heavy atom. The second-order valence-electron chi connectivity index (χ2n) is 5.59. The fourth-order valence-corrected chi connectivity index (χ4v) is 3.18. The maximum Gasteiger partial charge on any atom is 0.303 e. The van der Waals surface area contributed by atoms with Gasteiger partial charge in [-0.15, -0.1) is 0 Å². The summed E-state index contributed by atoms with van der Waals surface area (Å²) in [5.74, 6) is -0.0259. The molecule has 5 heteroatoms. The van der Waals surface area contributed by atoms with Crippen molar-refractivity contribution < 1.29 is 14.7 Å². The largest absolute Gasteiger partial charge is 0.481 e. The van der Waals surface area contributed by atoms with Crippen molar-refractivity contribution in [1.82, 2.24) is 4.90 Å². The number of hydrogen-bond acceptors (Lipinski definition) is 3. The van der Waals surface area contributed by atoms with E-state index in [9.17, 15) is 9.59 Å². The van der Waals surface area contributed by atoms with E-state index in [-0.39, 0.29) is 24.2 Å². The van der Waals surface area contributed by atoms with E-state index in [4.69, 9.17) is 10.8 Å². The maximum absolute atomic E-state index is 12.3. The number of carboxylic acid groups (broad SMARTS) is 1. The highest BCUT2D eigenvalue weighted by atomic mass is 16.4. The van der Waals surface area contributed by atoms with Crippen LogP contribution in [0.2, 0.25) is 0 Å². The van der Waals surface area contributed by atoms with Crippen molar-refractivity contribution in [2.75, 3.05) is 19.6 Å². The molecule has 1 aliphatic carbocycles. The fourth-order valence-electron chi connectivity index (χ4n) is 3.18. The highest BCUT2D eigenvalue weighted by Gasteiger charge is 2.38. The average molecular weight is 254 g/mol. The first-order valence-corrected chi connectivity index (χ1v) is 6.82. The molecule has 1 aliphatic heterocycles. The van der Waals surface area contributed by atoms with E-state index in [1.165, 1.54) is 6.42 Å². The minimum atomic E-state index is -0.774. The quantitative estimate of drug-likeness (QED) is 0.773. The molecule has 18 heavy (non-hydrogen) atoms. The topological polar surface area (TPSA) is 83.6 Å². The van der Waals surface area contributed by atoms with Gasteiger partial charge in [0.2, 0.25) is 5.91 Å². The predicted molar refractivity (Wildman–Crippen MR) is 66.8 cm³/mol. The number of carboxylic acids is 1. The molecule has 2 unspecified atom stereocenters. The minimum absolute atomic E-state index is 0.0783. The summed E-state index contributed by atoms with van der Waals surface area (Å²) in [6, 6.07) is 0. The molecule has 102 valence electrons. The van der Waals surface area contributed by atoms with E-state index in [2.05, 4.69) is 0 Å². The summed E-state index contributed by atoms with van der Waals surface area (Å²) >= 11 is 0. The number of carbonyl (C=O) groups excluding carboxylic acids is 1. The number of rotatable bonds is 4. The number of carbonyl (C=O) groups is 2. The molecule has 0 aromatic rings. The Balaban J connectivity index is 1.83. The second kappa shape index (κ2) is 5.69. The number of likely N-dealkylation sites (tertiary alicyclic amines) is 1. The normalized spacial score (nSPS) is 28.8. The molecule has 2 rings (SSSR count). The van der Waals surface area contributed by atoms with Crippen LogP contribution in [0, 0.1) is 17.8 Å². The van der Waals surface area contributed by atoms with Gasteiger partial charge in [-0.25, -0.2) is 0 Å². The van der Waals surface area contributed by atoms with Crippen molar-refractivity contribution in [2.45, 2.75) is 32.1 Å². The zero-order chi connectivity index (χ0) is 13.1. The van der Waals surface area contributed by atoms with Gasteiger partial charge in [0.25, 0.3) is 0 Å². The lowest BCUT2D eigenvalue weighted by Gasteiger charge is -2.42. The van der Waals surface area contributed by atoms with Crippen molar-refractivity contribution in [1.29, 1.82) is 0 Å². The summed E-state index contributed by atoms with van der Waals surface area (Å²) in [7, 11) is 0. The Kier molecular flexibility index (Phi) is 4.22. The van der Waals surface area contributed by atoms with Gasteiger partial charge in [-0.3, -0.25) is 9.59 Å². The molecule has 0 radical (unpaired) electrons. The summed E-state index contributed by atoms with van der Waals surface area (Å²) in [5, 5.41) is 8.68. The van der Waals surface area contributed by atoms with Gasteiger partial charge in [-0.1, -0.05) is 12.8 Å². The summed E-state index contributed by atoms with van der Waals surface area (Å²) in [5.41, 5.74) is 5.74. The predicted octanol–water partition coefficient (Wildman–Crippen LogP) is 0.685. The van der Waals surface area contributed by atoms with Crippen molar-refractivity contribution in [2.24, 2.45) is 23.5 Å². The van der Waals surface area contributed by atoms with E-state index < -0.39 is 5.97 Å². The molecule has 0 spiro atoms. The van der Waals surface area contributed by atoms with Gasteiger partial charge < -0.3 is 15.7 Å². The summed E-state index contributed by atoms with van der Waals surface area (Å²) in [6.07, 6.45) is 4.46. The third-order valence-corrected chi connectivity index (χ3v) is 4.26. The highest BCUT2D eigenvalue weighted by molar-refractivity contribution is 5.80. The highest BCUT2D eigenvalue weighted by Crippen LogP contribution is 2.33. The number of amides is 1. The first-order valence-electron chi connectivity index (χ1n) is 6.82. The molecule has 5 nitrogen and oxygen atoms in total. The third-order valence-electron chi connectivity index (χ3n) is 4.26. The fraction of sp³-hybridized carbons (Fsp3) is 0.846. The molecule has 2 fully saturated rings. The standard InChI is InChI=1S/C13H22N2O3/c14-6-10-3-1-2-4-11(10)13(18)15-7-9(8-15)5-12(16)17/h9-11H,1-8,14H2,(H,16,17). The Morgan fingerprint density at radius 2 is 1.89 bits per heavy atom. The Hall–Kier alpha value is -1.10. The lowest BCUT2D eigenvalue weighted by molar-refractivity contribution is -0.149. The van der Waals surface area contributed by atoms with E-state index in [1.807, 2.05) is 4.90 Å². The molecule has 2 aliphatic rings. The molecule has 2 atom stereocenters. The van der Waals surface area contributed by atoms with Crippen LogP contribution in [-0.4, -0.2) is 41.5 Å². The van der Waals surface area contributed by atoms with Crippen LogP contribution in [0.15, 0.2) is 0 Å². The number of nitrogens with two attached hydrogens (primary N) is 1. The molecule has 1 heterocycles. The molecule has 0 aromatic heterocycles. The number of hydrogen-bond donors (Lipinski definition) is 2. The monoisotopic (exact) mass is 254 g/mol. The smallest absolute Gasteiger partial charge is 0.303 e. The first-order chi connectivity index (χ1) is 8.61. The van der Waals surface area contributed by atoms with Crippen molar-refractivity contribution in [3.63, 3.8) is 0 Å². The third kappa shape index (κ3) is 2.83. The van der Waals surface area contributed by atoms with Crippen LogP contribution in [0.1, 0.15) is 32.1 Å². The lowest BCUT2D eigenvalue weighted by atomic mass is 9.77. The summed E-state index contributed by atoms with van der Waals surface area (Å²) in [6.45, 7) is 1.81. The van der Waals surface area contributed by atoms with E-state index in [1.54, 1.807) is 0 Å². The second-order valence-corrected chi connectivity index (χ2v) is 5.59. The van der Waals surface area contributed by atoms with Crippen LogP contribution < -0.4 is 5.73 Å². The Bertz CT molecular complexity index is 326. The van der Waals surface area contributed by atoms with Gasteiger partial charge >= 0.3 is 5.97 Å². The molecule has 0 bridgehead atoms. The van der Waals surface area contributed by atoms with Crippen LogP contribution in [-0.2, 0) is 9.59 Å². The van der Waals surface area contributed by atoms with E-state index in [0.29, 0.717) is 25.6 Å². The van der Waals surface area contributed by atoms with Crippen LogP contribution in [0.25, 0.3) is 0 Å². The molecule has 3 N–H and O–H groups in total. The zero-order valence-corrected chi connectivity index (χ0v) is 10.7. The van der Waals surface area contributed by atoms with Gasteiger partial charge in [0.1, 0.15) is 0 Å². The van der Waals surface area contributed by atoms with Gasteiger partial charge in [-0.2, -0.15) is 0 Å². The Labute approximate surface area is 107 Å².